The number of thioether (sulfide) groups is 1. The van der Waals surface area contributed by atoms with Gasteiger partial charge in [0.05, 0.1) is 22.8 Å². The summed E-state index contributed by atoms with van der Waals surface area (Å²) in [6.07, 6.45) is 3.44. The number of H-pyrrole nitrogens is 1. The lowest BCUT2D eigenvalue weighted by Crippen LogP contribution is -1.96. The van der Waals surface area contributed by atoms with E-state index in [9.17, 15) is 4.79 Å². The Morgan fingerprint density at radius 3 is 3.05 bits per heavy atom. The van der Waals surface area contributed by atoms with E-state index in [-0.39, 0.29) is 0 Å². The summed E-state index contributed by atoms with van der Waals surface area (Å²) >= 11 is 1.53. The Kier molecular flexibility index (Phi) is 3.39. The molecule has 0 unspecified atom stereocenters. The number of fused-ring (bicyclic) bond motifs is 1. The Labute approximate surface area is 119 Å². The second kappa shape index (κ2) is 5.34. The summed E-state index contributed by atoms with van der Waals surface area (Å²) in [5.74, 6) is -0.249. The average Bonchev–Trinajstić information content (AvgIpc) is 2.88. The lowest BCUT2D eigenvalue weighted by atomic mass is 10.1. The summed E-state index contributed by atoms with van der Waals surface area (Å²) in [6, 6.07) is 8.77. The normalized spacial score (nSPS) is 10.8. The Hall–Kier alpha value is -2.34. The van der Waals surface area contributed by atoms with Crippen molar-refractivity contribution >= 4 is 28.8 Å². The molecule has 1 aromatic carbocycles. The van der Waals surface area contributed by atoms with Crippen molar-refractivity contribution in [3.8, 4) is 0 Å². The molecule has 0 aliphatic carbocycles. The molecular weight excluding hydrogens is 274 g/mol. The van der Waals surface area contributed by atoms with Gasteiger partial charge in [-0.25, -0.2) is 9.78 Å². The van der Waals surface area contributed by atoms with Crippen molar-refractivity contribution in [3.63, 3.8) is 0 Å². The van der Waals surface area contributed by atoms with Crippen LogP contribution >= 0.6 is 11.8 Å². The summed E-state index contributed by atoms with van der Waals surface area (Å²) in [7, 11) is 0. The number of nitrogens with zero attached hydrogens (tertiary/aromatic N) is 2. The zero-order chi connectivity index (χ0) is 13.9. The molecule has 0 aliphatic heterocycles. The smallest absolute Gasteiger partial charge is 0.335 e. The number of nitrogens with one attached hydrogen (secondary N) is 1. The van der Waals surface area contributed by atoms with Crippen molar-refractivity contribution in [3.05, 3.63) is 53.9 Å². The van der Waals surface area contributed by atoms with E-state index in [2.05, 4.69) is 15.0 Å². The van der Waals surface area contributed by atoms with E-state index < -0.39 is 5.97 Å². The molecule has 0 radical (unpaired) electrons. The SMILES string of the molecule is O=C(O)c1cccc(CSc2nc3ccncc3[nH]2)c1. The highest BCUT2D eigenvalue weighted by Crippen LogP contribution is 2.22. The Morgan fingerprint density at radius 1 is 1.35 bits per heavy atom. The fourth-order valence-corrected chi connectivity index (χ4v) is 2.68. The fourth-order valence-electron chi connectivity index (χ4n) is 1.85. The van der Waals surface area contributed by atoms with Crippen LogP contribution in [0.2, 0.25) is 0 Å². The summed E-state index contributed by atoms with van der Waals surface area (Å²) in [5.41, 5.74) is 3.03. The first-order chi connectivity index (χ1) is 9.72. The lowest BCUT2D eigenvalue weighted by molar-refractivity contribution is 0.0697. The second-order valence-electron chi connectivity index (χ2n) is 4.23. The molecule has 6 heteroatoms. The zero-order valence-electron chi connectivity index (χ0n) is 10.4. The Balaban J connectivity index is 1.75. The monoisotopic (exact) mass is 285 g/mol. The number of aromatic nitrogens is 3. The van der Waals surface area contributed by atoms with Crippen LogP contribution in [0.4, 0.5) is 0 Å². The third kappa shape index (κ3) is 2.65. The number of carboxylic acids is 1. The first kappa shape index (κ1) is 12.7. The van der Waals surface area contributed by atoms with Crippen molar-refractivity contribution in [1.29, 1.82) is 0 Å². The van der Waals surface area contributed by atoms with Gasteiger partial charge in [0.1, 0.15) is 0 Å². The van der Waals surface area contributed by atoms with Crippen LogP contribution in [-0.4, -0.2) is 26.0 Å². The molecular formula is C14H11N3O2S. The van der Waals surface area contributed by atoms with Gasteiger partial charge in [-0.1, -0.05) is 23.9 Å². The topological polar surface area (TPSA) is 78.9 Å². The standard InChI is InChI=1S/C14H11N3O2S/c18-13(19)10-3-1-2-9(6-10)8-20-14-16-11-4-5-15-7-12(11)17-14/h1-7H,8H2,(H,16,17)(H,18,19). The summed E-state index contributed by atoms with van der Waals surface area (Å²) in [5, 5.41) is 9.76. The number of benzene rings is 1. The number of aromatic carboxylic acids is 1. The molecule has 3 rings (SSSR count). The molecule has 2 heterocycles. The molecule has 2 aromatic heterocycles. The maximum Gasteiger partial charge on any atom is 0.335 e. The van der Waals surface area contributed by atoms with Crippen molar-refractivity contribution in [2.75, 3.05) is 0 Å². The molecule has 0 atom stereocenters. The number of pyridine rings is 1. The van der Waals surface area contributed by atoms with E-state index in [1.54, 1.807) is 30.6 Å². The highest BCUT2D eigenvalue weighted by Gasteiger charge is 2.06. The summed E-state index contributed by atoms with van der Waals surface area (Å²) < 4.78 is 0. The number of hydrogen-bond donors (Lipinski definition) is 2. The second-order valence-corrected chi connectivity index (χ2v) is 5.19. The molecule has 20 heavy (non-hydrogen) atoms. The first-order valence-electron chi connectivity index (χ1n) is 5.97. The van der Waals surface area contributed by atoms with Gasteiger partial charge < -0.3 is 10.1 Å². The summed E-state index contributed by atoms with van der Waals surface area (Å²) in [4.78, 5) is 22.6. The van der Waals surface area contributed by atoms with Crippen LogP contribution in [0, 0.1) is 0 Å². The number of imidazole rings is 1. The van der Waals surface area contributed by atoms with Crippen molar-refractivity contribution in [2.24, 2.45) is 0 Å². The fraction of sp³-hybridized carbons (Fsp3) is 0.0714. The number of carboxylic acid groups (broad SMARTS) is 1. The summed E-state index contributed by atoms with van der Waals surface area (Å²) in [6.45, 7) is 0. The van der Waals surface area contributed by atoms with Gasteiger partial charge in [-0.3, -0.25) is 4.98 Å². The Bertz CT molecular complexity index is 737. The van der Waals surface area contributed by atoms with Gasteiger partial charge in [0.2, 0.25) is 0 Å². The highest BCUT2D eigenvalue weighted by atomic mass is 32.2. The van der Waals surface area contributed by atoms with Crippen LogP contribution in [0.3, 0.4) is 0 Å². The third-order valence-corrected chi connectivity index (χ3v) is 3.76. The van der Waals surface area contributed by atoms with E-state index >= 15 is 0 Å². The number of hydrogen-bond acceptors (Lipinski definition) is 4. The van der Waals surface area contributed by atoms with Gasteiger partial charge in [0.15, 0.2) is 5.16 Å². The lowest BCUT2D eigenvalue weighted by Gasteiger charge is -2.00. The predicted octanol–water partition coefficient (Wildman–Crippen LogP) is 2.95. The number of carbonyl (C=O) groups is 1. The zero-order valence-corrected chi connectivity index (χ0v) is 11.2. The third-order valence-electron chi connectivity index (χ3n) is 2.81. The van der Waals surface area contributed by atoms with E-state index in [1.165, 1.54) is 11.8 Å². The van der Waals surface area contributed by atoms with Crippen LogP contribution in [0.1, 0.15) is 15.9 Å². The van der Waals surface area contributed by atoms with Gasteiger partial charge in [-0.15, -0.1) is 0 Å². The number of aromatic amines is 1. The van der Waals surface area contributed by atoms with E-state index in [1.807, 2.05) is 12.1 Å². The minimum Gasteiger partial charge on any atom is -0.478 e. The van der Waals surface area contributed by atoms with Crippen molar-refractivity contribution < 1.29 is 9.90 Å². The Morgan fingerprint density at radius 2 is 2.25 bits per heavy atom. The van der Waals surface area contributed by atoms with Crippen molar-refractivity contribution in [1.82, 2.24) is 15.0 Å². The molecule has 0 saturated carbocycles. The molecule has 0 spiro atoms. The van der Waals surface area contributed by atoms with Crippen LogP contribution in [0.25, 0.3) is 11.0 Å². The molecule has 0 aliphatic rings. The van der Waals surface area contributed by atoms with E-state index in [0.717, 1.165) is 21.8 Å². The largest absolute Gasteiger partial charge is 0.478 e. The predicted molar refractivity (Wildman–Crippen MR) is 76.9 cm³/mol. The van der Waals surface area contributed by atoms with Gasteiger partial charge in [-0.2, -0.15) is 0 Å². The molecule has 2 N–H and O–H groups in total. The molecule has 0 amide bonds. The minimum atomic E-state index is -0.910. The van der Waals surface area contributed by atoms with Crippen LogP contribution in [0.5, 0.6) is 0 Å². The van der Waals surface area contributed by atoms with E-state index in [0.29, 0.717) is 11.3 Å². The van der Waals surface area contributed by atoms with Crippen LogP contribution < -0.4 is 0 Å². The first-order valence-corrected chi connectivity index (χ1v) is 6.96. The maximum atomic E-state index is 10.9. The van der Waals surface area contributed by atoms with Crippen LogP contribution in [-0.2, 0) is 5.75 Å². The molecule has 5 nitrogen and oxygen atoms in total. The maximum absolute atomic E-state index is 10.9. The van der Waals surface area contributed by atoms with Gasteiger partial charge in [0, 0.05) is 11.9 Å². The molecule has 0 saturated heterocycles. The quantitative estimate of drug-likeness (QED) is 0.720. The van der Waals surface area contributed by atoms with Gasteiger partial charge >= 0.3 is 5.97 Å². The molecule has 0 fully saturated rings. The molecule has 3 aromatic rings. The minimum absolute atomic E-state index is 0.303. The highest BCUT2D eigenvalue weighted by molar-refractivity contribution is 7.98. The van der Waals surface area contributed by atoms with Crippen LogP contribution in [0.15, 0.2) is 47.9 Å². The average molecular weight is 285 g/mol. The molecule has 100 valence electrons. The van der Waals surface area contributed by atoms with Gasteiger partial charge in [0.25, 0.3) is 0 Å². The van der Waals surface area contributed by atoms with E-state index in [4.69, 9.17) is 5.11 Å². The van der Waals surface area contributed by atoms with Crippen molar-refractivity contribution in [2.45, 2.75) is 10.9 Å². The number of rotatable bonds is 4. The molecule has 0 bridgehead atoms. The van der Waals surface area contributed by atoms with Gasteiger partial charge in [-0.05, 0) is 23.8 Å².